The molecule has 0 N–H and O–H groups in total. The summed E-state index contributed by atoms with van der Waals surface area (Å²) in [5.41, 5.74) is 0.572. The van der Waals surface area contributed by atoms with Gasteiger partial charge in [-0.1, -0.05) is 0 Å². The number of methoxy groups -OCH3 is 1. The van der Waals surface area contributed by atoms with Crippen molar-refractivity contribution in [2.45, 2.75) is 6.92 Å². The minimum absolute atomic E-state index is 0.00995. The Labute approximate surface area is 65.0 Å². The van der Waals surface area contributed by atoms with E-state index in [0.717, 1.165) is 0 Å². The highest BCUT2D eigenvalue weighted by Gasteiger charge is 2.05. The number of carbonyl (C=O) groups excluding carboxylic acids is 1. The number of aromatic nitrogens is 1. The van der Waals surface area contributed by atoms with Gasteiger partial charge in [-0.15, -0.1) is 0 Å². The summed E-state index contributed by atoms with van der Waals surface area (Å²) in [6.07, 6.45) is 3.09. The topological polar surface area (TPSA) is 39.2 Å². The van der Waals surface area contributed by atoms with E-state index in [1.165, 1.54) is 20.2 Å². The number of Topliss-reactive ketones (excluding diaryl/α,β-unsaturated/α-hetero) is 1. The van der Waals surface area contributed by atoms with Crippen molar-refractivity contribution in [2.24, 2.45) is 0 Å². The zero-order valence-corrected chi connectivity index (χ0v) is 6.50. The van der Waals surface area contributed by atoms with E-state index in [0.29, 0.717) is 11.3 Å². The molecule has 0 bridgehead atoms. The van der Waals surface area contributed by atoms with Gasteiger partial charge in [-0.25, -0.2) is 0 Å². The monoisotopic (exact) mass is 151 g/mol. The minimum Gasteiger partial charge on any atom is -0.494 e. The smallest absolute Gasteiger partial charge is 0.163 e. The Bertz CT molecular complexity index is 271. The maximum Gasteiger partial charge on any atom is 0.163 e. The zero-order valence-electron chi connectivity index (χ0n) is 6.50. The summed E-state index contributed by atoms with van der Waals surface area (Å²) < 4.78 is 4.92. The van der Waals surface area contributed by atoms with Gasteiger partial charge in [0.05, 0.1) is 18.9 Å². The van der Waals surface area contributed by atoms with Crippen molar-refractivity contribution in [3.8, 4) is 5.75 Å². The van der Waals surface area contributed by atoms with Gasteiger partial charge in [-0.05, 0) is 13.0 Å². The third-order valence-corrected chi connectivity index (χ3v) is 1.38. The molecule has 0 aliphatic rings. The van der Waals surface area contributed by atoms with Crippen LogP contribution in [0.15, 0.2) is 18.5 Å². The molecule has 0 spiro atoms. The van der Waals surface area contributed by atoms with Gasteiger partial charge in [0, 0.05) is 6.20 Å². The Kier molecular flexibility index (Phi) is 2.21. The molecule has 0 saturated heterocycles. The maximum absolute atomic E-state index is 10.9. The van der Waals surface area contributed by atoms with Crippen molar-refractivity contribution in [1.82, 2.24) is 4.98 Å². The molecular weight excluding hydrogens is 142 g/mol. The summed E-state index contributed by atoms with van der Waals surface area (Å²) in [6, 6.07) is 1.64. The quantitative estimate of drug-likeness (QED) is 0.598. The number of rotatable bonds is 2. The minimum atomic E-state index is -0.00995. The summed E-state index contributed by atoms with van der Waals surface area (Å²) in [5.74, 6) is 0.518. The summed E-state index contributed by atoms with van der Waals surface area (Å²) in [5, 5.41) is 0. The molecule has 0 aliphatic heterocycles. The van der Waals surface area contributed by atoms with E-state index in [2.05, 4.69) is 4.98 Å². The van der Waals surface area contributed by atoms with Crippen LogP contribution in [0.3, 0.4) is 0 Å². The second kappa shape index (κ2) is 3.14. The summed E-state index contributed by atoms with van der Waals surface area (Å²) in [4.78, 5) is 14.7. The molecule has 11 heavy (non-hydrogen) atoms. The van der Waals surface area contributed by atoms with Gasteiger partial charge in [0.2, 0.25) is 0 Å². The highest BCUT2D eigenvalue weighted by atomic mass is 16.5. The lowest BCUT2D eigenvalue weighted by atomic mass is 10.2. The fourth-order valence-corrected chi connectivity index (χ4v) is 0.833. The standard InChI is InChI=1S/C8H9NO2/c1-6(10)7-3-4-9-5-8(7)11-2/h3-5H,1-2H3. The van der Waals surface area contributed by atoms with Crippen LogP contribution in [0.4, 0.5) is 0 Å². The fourth-order valence-electron chi connectivity index (χ4n) is 0.833. The predicted molar refractivity (Wildman–Crippen MR) is 40.8 cm³/mol. The van der Waals surface area contributed by atoms with Gasteiger partial charge in [0.25, 0.3) is 0 Å². The van der Waals surface area contributed by atoms with Crippen LogP contribution >= 0.6 is 0 Å². The average Bonchev–Trinajstić information content (AvgIpc) is 2.04. The molecule has 3 heteroatoms. The first-order valence-electron chi connectivity index (χ1n) is 3.24. The summed E-state index contributed by atoms with van der Waals surface area (Å²) in [7, 11) is 1.52. The van der Waals surface area contributed by atoms with Gasteiger partial charge >= 0.3 is 0 Å². The highest BCUT2D eigenvalue weighted by molar-refractivity contribution is 5.96. The second-order valence-corrected chi connectivity index (χ2v) is 2.13. The first-order valence-corrected chi connectivity index (χ1v) is 3.24. The number of ether oxygens (including phenoxy) is 1. The first-order chi connectivity index (χ1) is 5.25. The Morgan fingerprint density at radius 3 is 2.82 bits per heavy atom. The van der Waals surface area contributed by atoms with Gasteiger partial charge in [-0.2, -0.15) is 0 Å². The lowest BCUT2D eigenvalue weighted by Crippen LogP contribution is -1.97. The van der Waals surface area contributed by atoms with E-state index >= 15 is 0 Å². The fraction of sp³-hybridized carbons (Fsp3) is 0.250. The maximum atomic E-state index is 10.9. The molecule has 0 unspecified atom stereocenters. The van der Waals surface area contributed by atoms with E-state index < -0.39 is 0 Å². The van der Waals surface area contributed by atoms with Crippen molar-refractivity contribution in [2.75, 3.05) is 7.11 Å². The van der Waals surface area contributed by atoms with Gasteiger partial charge < -0.3 is 4.74 Å². The van der Waals surface area contributed by atoms with Gasteiger partial charge in [0.15, 0.2) is 5.78 Å². The molecule has 1 rings (SSSR count). The Morgan fingerprint density at radius 1 is 1.64 bits per heavy atom. The number of nitrogens with zero attached hydrogens (tertiary/aromatic N) is 1. The number of carbonyl (C=O) groups is 1. The van der Waals surface area contributed by atoms with Crippen molar-refractivity contribution >= 4 is 5.78 Å². The number of ketones is 1. The lowest BCUT2D eigenvalue weighted by Gasteiger charge is -2.02. The molecule has 0 amide bonds. The SMILES string of the molecule is COc1cnccc1C(C)=O. The Hall–Kier alpha value is -1.38. The predicted octanol–water partition coefficient (Wildman–Crippen LogP) is 1.29. The molecule has 3 nitrogen and oxygen atoms in total. The molecule has 0 atom stereocenters. The third kappa shape index (κ3) is 1.55. The molecule has 0 radical (unpaired) electrons. The number of hydrogen-bond donors (Lipinski definition) is 0. The average molecular weight is 151 g/mol. The normalized spacial score (nSPS) is 9.27. The van der Waals surface area contributed by atoms with Gasteiger partial charge in [0.1, 0.15) is 5.75 Å². The van der Waals surface area contributed by atoms with Crippen molar-refractivity contribution in [3.63, 3.8) is 0 Å². The molecule has 0 fully saturated rings. The second-order valence-electron chi connectivity index (χ2n) is 2.13. The highest BCUT2D eigenvalue weighted by Crippen LogP contribution is 2.15. The van der Waals surface area contributed by atoms with E-state index in [9.17, 15) is 4.79 Å². The van der Waals surface area contributed by atoms with Crippen LogP contribution in [0.2, 0.25) is 0 Å². The van der Waals surface area contributed by atoms with Crippen LogP contribution in [0.5, 0.6) is 5.75 Å². The molecule has 0 saturated carbocycles. The third-order valence-electron chi connectivity index (χ3n) is 1.38. The van der Waals surface area contributed by atoms with Crippen molar-refractivity contribution < 1.29 is 9.53 Å². The molecule has 58 valence electrons. The van der Waals surface area contributed by atoms with Crippen LogP contribution < -0.4 is 4.74 Å². The van der Waals surface area contributed by atoms with Crippen LogP contribution in [0.25, 0.3) is 0 Å². The summed E-state index contributed by atoms with van der Waals surface area (Å²) >= 11 is 0. The Morgan fingerprint density at radius 2 is 2.36 bits per heavy atom. The van der Waals surface area contributed by atoms with Crippen molar-refractivity contribution in [1.29, 1.82) is 0 Å². The van der Waals surface area contributed by atoms with Gasteiger partial charge in [-0.3, -0.25) is 9.78 Å². The molecule has 0 aromatic carbocycles. The van der Waals surface area contributed by atoms with Crippen LogP contribution in [-0.4, -0.2) is 17.9 Å². The van der Waals surface area contributed by atoms with E-state index in [4.69, 9.17) is 4.74 Å². The van der Waals surface area contributed by atoms with Crippen LogP contribution in [0.1, 0.15) is 17.3 Å². The number of hydrogen-bond acceptors (Lipinski definition) is 3. The van der Waals surface area contributed by atoms with E-state index in [1.54, 1.807) is 12.3 Å². The van der Waals surface area contributed by atoms with E-state index in [1.807, 2.05) is 0 Å². The molecule has 1 heterocycles. The number of pyridine rings is 1. The molecule has 1 aromatic heterocycles. The summed E-state index contributed by atoms with van der Waals surface area (Å²) in [6.45, 7) is 1.50. The Balaban J connectivity index is 3.12. The van der Waals surface area contributed by atoms with Crippen molar-refractivity contribution in [3.05, 3.63) is 24.0 Å². The van der Waals surface area contributed by atoms with Crippen LogP contribution in [0, 0.1) is 0 Å². The zero-order chi connectivity index (χ0) is 8.27. The lowest BCUT2D eigenvalue weighted by molar-refractivity contribution is 0.101. The molecular formula is C8H9NO2. The van der Waals surface area contributed by atoms with E-state index in [-0.39, 0.29) is 5.78 Å². The molecule has 0 aliphatic carbocycles. The first kappa shape index (κ1) is 7.72. The molecule has 1 aromatic rings. The van der Waals surface area contributed by atoms with Crippen LogP contribution in [-0.2, 0) is 0 Å². The largest absolute Gasteiger partial charge is 0.494 e.